The van der Waals surface area contributed by atoms with E-state index >= 15 is 0 Å². The summed E-state index contributed by atoms with van der Waals surface area (Å²) < 4.78 is 5.48. The third kappa shape index (κ3) is 5.94. The molecule has 1 unspecified atom stereocenters. The Kier molecular flexibility index (Phi) is 7.87. The lowest BCUT2D eigenvalue weighted by Crippen LogP contribution is -2.25. The molecule has 3 aromatic rings. The monoisotopic (exact) mass is 396 g/mol. The molecule has 0 fully saturated rings. The normalized spacial score (nSPS) is 12.3. The highest BCUT2D eigenvalue weighted by Gasteiger charge is 2.18. The molecule has 0 radical (unpaired) electrons. The lowest BCUT2D eigenvalue weighted by atomic mass is 10.1. The molecule has 2 heterocycles. The van der Waals surface area contributed by atoms with Crippen LogP contribution in [0.2, 0.25) is 0 Å². The van der Waals surface area contributed by atoms with Crippen molar-refractivity contribution in [3.8, 4) is 0 Å². The molecular formula is C23H32N4O2. The Bertz CT molecular complexity index is 899. The summed E-state index contributed by atoms with van der Waals surface area (Å²) in [6, 6.07) is 7.69. The van der Waals surface area contributed by atoms with Crippen molar-refractivity contribution in [2.24, 2.45) is 5.73 Å². The Morgan fingerprint density at radius 3 is 2.76 bits per heavy atom. The van der Waals surface area contributed by atoms with E-state index in [2.05, 4.69) is 28.3 Å². The van der Waals surface area contributed by atoms with Gasteiger partial charge in [0, 0.05) is 23.6 Å². The van der Waals surface area contributed by atoms with Gasteiger partial charge in [0.15, 0.2) is 5.69 Å². The van der Waals surface area contributed by atoms with Gasteiger partial charge in [0.2, 0.25) is 5.89 Å². The van der Waals surface area contributed by atoms with Gasteiger partial charge in [0.05, 0.1) is 6.04 Å². The van der Waals surface area contributed by atoms with Gasteiger partial charge in [-0.15, -0.1) is 0 Å². The third-order valence-electron chi connectivity index (χ3n) is 5.25. The smallest absolute Gasteiger partial charge is 0.273 e. The van der Waals surface area contributed by atoms with Crippen molar-refractivity contribution >= 4 is 16.8 Å². The van der Waals surface area contributed by atoms with Crippen LogP contribution < -0.4 is 11.1 Å². The van der Waals surface area contributed by atoms with E-state index in [-0.39, 0.29) is 11.6 Å². The van der Waals surface area contributed by atoms with Crippen LogP contribution in [0.3, 0.4) is 0 Å². The van der Waals surface area contributed by atoms with Crippen LogP contribution in [0.15, 0.2) is 41.1 Å². The summed E-state index contributed by atoms with van der Waals surface area (Å²) >= 11 is 0. The highest BCUT2D eigenvalue weighted by atomic mass is 16.3. The van der Waals surface area contributed by atoms with Gasteiger partial charge in [-0.25, -0.2) is 4.98 Å². The molecular weight excluding hydrogens is 364 g/mol. The summed E-state index contributed by atoms with van der Waals surface area (Å²) in [4.78, 5) is 19.8. The van der Waals surface area contributed by atoms with Crippen molar-refractivity contribution in [3.63, 3.8) is 0 Å². The van der Waals surface area contributed by atoms with Crippen molar-refractivity contribution in [3.05, 3.63) is 53.9 Å². The molecule has 6 heteroatoms. The van der Waals surface area contributed by atoms with Crippen LogP contribution in [-0.2, 0) is 6.42 Å². The summed E-state index contributed by atoms with van der Waals surface area (Å²) in [5, 5.41) is 4.06. The number of amides is 1. The maximum absolute atomic E-state index is 12.3. The number of oxazole rings is 1. The minimum Gasteiger partial charge on any atom is -0.446 e. The number of aromatic nitrogens is 2. The van der Waals surface area contributed by atoms with Crippen molar-refractivity contribution in [1.29, 1.82) is 0 Å². The van der Waals surface area contributed by atoms with Crippen LogP contribution in [0, 0.1) is 0 Å². The predicted molar refractivity (Wildman–Crippen MR) is 116 cm³/mol. The van der Waals surface area contributed by atoms with Crippen LogP contribution in [0.5, 0.6) is 0 Å². The van der Waals surface area contributed by atoms with Crippen molar-refractivity contribution < 1.29 is 9.21 Å². The first kappa shape index (κ1) is 21.1. The molecule has 1 amide bonds. The van der Waals surface area contributed by atoms with E-state index in [4.69, 9.17) is 10.2 Å². The highest BCUT2D eigenvalue weighted by molar-refractivity contribution is 5.91. The first-order valence-electron chi connectivity index (χ1n) is 10.7. The fraction of sp³-hybridized carbons (Fsp3) is 0.478. The van der Waals surface area contributed by atoms with E-state index < -0.39 is 6.04 Å². The number of carbonyl (C=O) groups excluding carboxylic acids is 1. The second-order valence-corrected chi connectivity index (χ2v) is 7.62. The summed E-state index contributed by atoms with van der Waals surface area (Å²) in [6.07, 6.45) is 12.5. The number of benzene rings is 1. The zero-order valence-electron chi connectivity index (χ0n) is 17.2. The minimum absolute atomic E-state index is 0.203. The van der Waals surface area contributed by atoms with Gasteiger partial charge in [-0.1, -0.05) is 63.6 Å². The van der Waals surface area contributed by atoms with Crippen molar-refractivity contribution in [2.45, 2.75) is 64.3 Å². The summed E-state index contributed by atoms with van der Waals surface area (Å²) in [7, 11) is 0. The SMILES string of the molecule is CCCCCCCCCNC(=O)c1coc(C(N)Cc2c[nH]c3ccccc23)n1. The summed E-state index contributed by atoms with van der Waals surface area (Å²) in [6.45, 7) is 2.89. The van der Waals surface area contributed by atoms with Gasteiger partial charge in [-0.2, -0.15) is 0 Å². The number of para-hydroxylation sites is 1. The predicted octanol–water partition coefficient (Wildman–Crippen LogP) is 4.88. The van der Waals surface area contributed by atoms with Gasteiger partial charge >= 0.3 is 0 Å². The van der Waals surface area contributed by atoms with E-state index in [0.717, 1.165) is 29.3 Å². The molecule has 2 aromatic heterocycles. The molecule has 1 atom stereocenters. The number of nitrogens with two attached hydrogens (primary N) is 1. The van der Waals surface area contributed by atoms with Crippen LogP contribution in [0.4, 0.5) is 0 Å². The van der Waals surface area contributed by atoms with E-state index in [9.17, 15) is 4.79 Å². The zero-order valence-corrected chi connectivity index (χ0v) is 17.2. The number of carbonyl (C=O) groups is 1. The molecule has 156 valence electrons. The number of aromatic amines is 1. The van der Waals surface area contributed by atoms with Crippen LogP contribution in [0.25, 0.3) is 10.9 Å². The number of nitrogens with one attached hydrogen (secondary N) is 2. The molecule has 29 heavy (non-hydrogen) atoms. The molecule has 4 N–H and O–H groups in total. The third-order valence-corrected chi connectivity index (χ3v) is 5.25. The number of hydrogen-bond acceptors (Lipinski definition) is 4. The zero-order chi connectivity index (χ0) is 20.5. The topological polar surface area (TPSA) is 96.9 Å². The Labute approximate surface area is 172 Å². The van der Waals surface area contributed by atoms with E-state index in [0.29, 0.717) is 18.9 Å². The van der Waals surface area contributed by atoms with Gasteiger partial charge in [0.25, 0.3) is 5.91 Å². The second-order valence-electron chi connectivity index (χ2n) is 7.62. The molecule has 1 aromatic carbocycles. The number of rotatable bonds is 12. The van der Waals surface area contributed by atoms with E-state index in [1.165, 1.54) is 38.4 Å². The van der Waals surface area contributed by atoms with Crippen LogP contribution in [0.1, 0.15) is 79.9 Å². The largest absolute Gasteiger partial charge is 0.446 e. The summed E-state index contributed by atoms with van der Waals surface area (Å²) in [5.74, 6) is 0.182. The molecule has 0 aliphatic heterocycles. The molecule has 0 aliphatic rings. The molecule has 3 rings (SSSR count). The maximum atomic E-state index is 12.3. The Balaban J connectivity index is 1.44. The highest BCUT2D eigenvalue weighted by Crippen LogP contribution is 2.23. The Hall–Kier alpha value is -2.60. The number of nitrogens with zero attached hydrogens (tertiary/aromatic N) is 1. The van der Waals surface area contributed by atoms with E-state index in [1.54, 1.807) is 0 Å². The Morgan fingerprint density at radius 1 is 1.17 bits per heavy atom. The molecule has 0 aliphatic carbocycles. The van der Waals surface area contributed by atoms with Crippen molar-refractivity contribution in [1.82, 2.24) is 15.3 Å². The molecule has 0 spiro atoms. The number of H-pyrrole nitrogens is 1. The molecule has 0 bridgehead atoms. The molecule has 6 nitrogen and oxygen atoms in total. The average Bonchev–Trinajstić information content (AvgIpc) is 3.38. The maximum Gasteiger partial charge on any atom is 0.273 e. The van der Waals surface area contributed by atoms with Gasteiger partial charge in [-0.3, -0.25) is 4.79 Å². The fourth-order valence-electron chi connectivity index (χ4n) is 3.56. The lowest BCUT2D eigenvalue weighted by molar-refractivity contribution is 0.0948. The lowest BCUT2D eigenvalue weighted by Gasteiger charge is -2.06. The number of fused-ring (bicyclic) bond motifs is 1. The fourth-order valence-corrected chi connectivity index (χ4v) is 3.56. The standard InChI is InChI=1S/C23H32N4O2/c1-2-3-4-5-6-7-10-13-25-22(28)21-16-29-23(27-21)19(24)14-17-15-26-20-12-9-8-11-18(17)20/h8-9,11-12,15-16,19,26H,2-7,10,13-14,24H2,1H3,(H,25,28). The van der Waals surface area contributed by atoms with Gasteiger partial charge in [0.1, 0.15) is 6.26 Å². The van der Waals surface area contributed by atoms with E-state index in [1.807, 2.05) is 24.4 Å². The molecule has 0 saturated heterocycles. The number of hydrogen-bond donors (Lipinski definition) is 3. The average molecular weight is 397 g/mol. The number of unbranched alkanes of at least 4 members (excludes halogenated alkanes) is 6. The summed E-state index contributed by atoms with van der Waals surface area (Å²) in [5.41, 5.74) is 8.75. The molecule has 0 saturated carbocycles. The Morgan fingerprint density at radius 2 is 1.93 bits per heavy atom. The minimum atomic E-state index is -0.404. The van der Waals surface area contributed by atoms with Gasteiger partial charge in [-0.05, 0) is 24.5 Å². The van der Waals surface area contributed by atoms with Gasteiger partial charge < -0.3 is 20.5 Å². The van der Waals surface area contributed by atoms with Crippen LogP contribution >= 0.6 is 0 Å². The first-order valence-corrected chi connectivity index (χ1v) is 10.7. The van der Waals surface area contributed by atoms with Crippen molar-refractivity contribution in [2.75, 3.05) is 6.54 Å². The first-order chi connectivity index (χ1) is 14.2. The van der Waals surface area contributed by atoms with Crippen LogP contribution in [-0.4, -0.2) is 22.4 Å². The quantitative estimate of drug-likeness (QED) is 0.380. The second kappa shape index (κ2) is 10.8.